The van der Waals surface area contributed by atoms with E-state index in [1.807, 2.05) is 0 Å². The maximum absolute atomic E-state index is 12.2. The fourth-order valence-electron chi connectivity index (χ4n) is 0.915. The molecule has 72 valence electrons. The average Bonchev–Trinajstić information content (AvgIpc) is 2.50. The molecule has 1 heterocycles. The highest BCUT2D eigenvalue weighted by Crippen LogP contribution is 2.16. The summed E-state index contributed by atoms with van der Waals surface area (Å²) in [7, 11) is 0. The van der Waals surface area contributed by atoms with Gasteiger partial charge in [0.1, 0.15) is 11.7 Å². The Morgan fingerprint density at radius 1 is 1.69 bits per heavy atom. The van der Waals surface area contributed by atoms with Crippen molar-refractivity contribution in [3.63, 3.8) is 0 Å². The van der Waals surface area contributed by atoms with Gasteiger partial charge in [0.25, 0.3) is 6.43 Å². The predicted molar refractivity (Wildman–Crippen MR) is 39.9 cm³/mol. The minimum atomic E-state index is -2.63. The summed E-state index contributed by atoms with van der Waals surface area (Å²) in [5.74, 6) is -1.26. The SMILES string of the molecule is CC(C(F)F)n1nccc1C(=O)O. The molecule has 0 bridgehead atoms. The van der Waals surface area contributed by atoms with Gasteiger partial charge in [-0.1, -0.05) is 0 Å². The summed E-state index contributed by atoms with van der Waals surface area (Å²) >= 11 is 0. The molecule has 0 aliphatic carbocycles. The highest BCUT2D eigenvalue weighted by molar-refractivity contribution is 5.85. The van der Waals surface area contributed by atoms with Crippen LogP contribution in [0.25, 0.3) is 0 Å². The number of carbonyl (C=O) groups is 1. The van der Waals surface area contributed by atoms with Gasteiger partial charge in [-0.2, -0.15) is 5.10 Å². The first-order valence-corrected chi connectivity index (χ1v) is 3.59. The van der Waals surface area contributed by atoms with Crippen molar-refractivity contribution in [3.8, 4) is 0 Å². The molecule has 1 aromatic rings. The van der Waals surface area contributed by atoms with Crippen molar-refractivity contribution in [3.05, 3.63) is 18.0 Å². The lowest BCUT2D eigenvalue weighted by Gasteiger charge is -2.12. The third-order valence-corrected chi connectivity index (χ3v) is 1.64. The molecule has 6 heteroatoms. The highest BCUT2D eigenvalue weighted by Gasteiger charge is 2.22. The van der Waals surface area contributed by atoms with Crippen molar-refractivity contribution in [2.45, 2.75) is 19.4 Å². The number of carboxylic acids is 1. The Kier molecular flexibility index (Phi) is 2.60. The molecule has 0 saturated carbocycles. The van der Waals surface area contributed by atoms with Crippen molar-refractivity contribution in [1.82, 2.24) is 9.78 Å². The number of aromatic carboxylic acids is 1. The van der Waals surface area contributed by atoms with E-state index >= 15 is 0 Å². The van der Waals surface area contributed by atoms with Crippen molar-refractivity contribution < 1.29 is 18.7 Å². The van der Waals surface area contributed by atoms with E-state index in [0.717, 1.165) is 4.68 Å². The van der Waals surface area contributed by atoms with Crippen LogP contribution in [0.4, 0.5) is 8.78 Å². The molecular weight excluding hydrogens is 182 g/mol. The molecule has 4 nitrogen and oxygen atoms in total. The number of aromatic nitrogens is 2. The Hall–Kier alpha value is -1.46. The second-order valence-corrected chi connectivity index (χ2v) is 2.54. The maximum Gasteiger partial charge on any atom is 0.354 e. The van der Waals surface area contributed by atoms with Crippen LogP contribution >= 0.6 is 0 Å². The van der Waals surface area contributed by atoms with Gasteiger partial charge in [-0.15, -0.1) is 0 Å². The largest absolute Gasteiger partial charge is 0.477 e. The van der Waals surface area contributed by atoms with E-state index in [-0.39, 0.29) is 5.69 Å². The molecule has 0 aliphatic rings. The molecule has 0 aromatic carbocycles. The van der Waals surface area contributed by atoms with Crippen LogP contribution in [0.5, 0.6) is 0 Å². The third kappa shape index (κ3) is 1.82. The van der Waals surface area contributed by atoms with Crippen molar-refractivity contribution in [1.29, 1.82) is 0 Å². The Balaban J connectivity index is 3.00. The monoisotopic (exact) mass is 190 g/mol. The minimum Gasteiger partial charge on any atom is -0.477 e. The van der Waals surface area contributed by atoms with Crippen LogP contribution in [-0.4, -0.2) is 27.3 Å². The third-order valence-electron chi connectivity index (χ3n) is 1.64. The zero-order valence-electron chi connectivity index (χ0n) is 6.82. The molecule has 1 aromatic heterocycles. The van der Waals surface area contributed by atoms with Crippen LogP contribution in [0, 0.1) is 0 Å². The molecule has 0 radical (unpaired) electrons. The summed E-state index contributed by atoms with van der Waals surface area (Å²) in [5.41, 5.74) is -0.229. The number of carboxylic acid groups (broad SMARTS) is 1. The maximum atomic E-state index is 12.2. The molecule has 0 fully saturated rings. The van der Waals surface area contributed by atoms with Gasteiger partial charge in [0.05, 0.1) is 0 Å². The van der Waals surface area contributed by atoms with Crippen molar-refractivity contribution >= 4 is 5.97 Å². The first-order chi connectivity index (χ1) is 6.04. The van der Waals surface area contributed by atoms with Crippen LogP contribution in [-0.2, 0) is 0 Å². The van der Waals surface area contributed by atoms with Gasteiger partial charge in [0.2, 0.25) is 0 Å². The van der Waals surface area contributed by atoms with Crippen LogP contribution in [0.1, 0.15) is 23.5 Å². The van der Waals surface area contributed by atoms with E-state index in [1.165, 1.54) is 19.2 Å². The molecule has 1 unspecified atom stereocenters. The lowest BCUT2D eigenvalue weighted by Crippen LogP contribution is -2.19. The minimum absolute atomic E-state index is 0.229. The molecule has 0 saturated heterocycles. The molecule has 1 atom stereocenters. The lowest BCUT2D eigenvalue weighted by molar-refractivity contribution is 0.0634. The quantitative estimate of drug-likeness (QED) is 0.783. The van der Waals surface area contributed by atoms with Crippen molar-refractivity contribution in [2.24, 2.45) is 0 Å². The van der Waals surface area contributed by atoms with Crippen LogP contribution in [0.15, 0.2) is 12.3 Å². The lowest BCUT2D eigenvalue weighted by atomic mass is 10.3. The number of hydrogen-bond donors (Lipinski definition) is 1. The van der Waals surface area contributed by atoms with Gasteiger partial charge in [-0.05, 0) is 13.0 Å². The average molecular weight is 190 g/mol. The summed E-state index contributed by atoms with van der Waals surface area (Å²) in [4.78, 5) is 10.5. The summed E-state index contributed by atoms with van der Waals surface area (Å²) in [6, 6.07) is -0.0394. The second-order valence-electron chi connectivity index (χ2n) is 2.54. The number of hydrogen-bond acceptors (Lipinski definition) is 2. The van der Waals surface area contributed by atoms with Gasteiger partial charge < -0.3 is 5.11 Å². The number of alkyl halides is 2. The van der Waals surface area contributed by atoms with Gasteiger partial charge in [0, 0.05) is 6.20 Å². The molecular formula is C7H8F2N2O2. The van der Waals surface area contributed by atoms with Crippen molar-refractivity contribution in [2.75, 3.05) is 0 Å². The zero-order valence-corrected chi connectivity index (χ0v) is 6.82. The standard InChI is InChI=1S/C7H8F2N2O2/c1-4(6(8)9)11-5(7(12)13)2-3-10-11/h2-4,6H,1H3,(H,12,13). The summed E-state index contributed by atoms with van der Waals surface area (Å²) in [6.07, 6.45) is -1.44. The van der Waals surface area contributed by atoms with E-state index < -0.39 is 18.4 Å². The topological polar surface area (TPSA) is 55.1 Å². The molecule has 0 spiro atoms. The van der Waals surface area contributed by atoms with Crippen LogP contribution in [0.2, 0.25) is 0 Å². The van der Waals surface area contributed by atoms with Gasteiger partial charge in [-0.3, -0.25) is 0 Å². The van der Waals surface area contributed by atoms with E-state index in [0.29, 0.717) is 0 Å². The molecule has 1 N–H and O–H groups in total. The fourth-order valence-corrected chi connectivity index (χ4v) is 0.915. The molecule has 13 heavy (non-hydrogen) atoms. The Labute approximate surface area is 72.8 Å². The van der Waals surface area contributed by atoms with Crippen LogP contribution in [0.3, 0.4) is 0 Å². The number of rotatable bonds is 3. The Morgan fingerprint density at radius 2 is 2.31 bits per heavy atom. The second kappa shape index (κ2) is 3.51. The van der Waals surface area contributed by atoms with E-state index in [4.69, 9.17) is 5.11 Å². The molecule has 1 rings (SSSR count). The summed E-state index contributed by atoms with van der Waals surface area (Å²) in [5, 5.41) is 12.1. The Morgan fingerprint density at radius 3 is 2.77 bits per heavy atom. The number of halogens is 2. The highest BCUT2D eigenvalue weighted by atomic mass is 19.3. The smallest absolute Gasteiger partial charge is 0.354 e. The summed E-state index contributed by atoms with van der Waals surface area (Å²) in [6.45, 7) is 1.21. The van der Waals surface area contributed by atoms with Gasteiger partial charge >= 0.3 is 5.97 Å². The van der Waals surface area contributed by atoms with E-state index in [1.54, 1.807) is 0 Å². The summed E-state index contributed by atoms with van der Waals surface area (Å²) < 4.78 is 25.2. The van der Waals surface area contributed by atoms with E-state index in [9.17, 15) is 13.6 Å². The van der Waals surface area contributed by atoms with E-state index in [2.05, 4.69) is 5.10 Å². The fraction of sp³-hybridized carbons (Fsp3) is 0.429. The normalized spacial score (nSPS) is 13.2. The molecule has 0 aliphatic heterocycles. The van der Waals surface area contributed by atoms with Gasteiger partial charge in [-0.25, -0.2) is 18.3 Å². The zero-order chi connectivity index (χ0) is 10.0. The van der Waals surface area contributed by atoms with Gasteiger partial charge in [0.15, 0.2) is 0 Å². The first kappa shape index (κ1) is 9.63. The first-order valence-electron chi connectivity index (χ1n) is 3.59. The molecule has 0 amide bonds. The predicted octanol–water partition coefficient (Wildman–Crippen LogP) is 1.41. The Bertz CT molecular complexity index is 311. The van der Waals surface area contributed by atoms with Crippen LogP contribution < -0.4 is 0 Å². The number of nitrogens with zero attached hydrogens (tertiary/aromatic N) is 2.